The molecule has 20 heavy (non-hydrogen) atoms. The molecule has 0 aromatic carbocycles. The molecule has 5 N–H and O–H groups in total. The lowest BCUT2D eigenvalue weighted by Gasteiger charge is -2.31. The first-order chi connectivity index (χ1) is 9.02. The van der Waals surface area contributed by atoms with Gasteiger partial charge in [-0.1, -0.05) is 20.3 Å². The number of rotatable bonds is 10. The van der Waals surface area contributed by atoms with Crippen molar-refractivity contribution in [3.8, 4) is 0 Å². The third-order valence-corrected chi connectivity index (χ3v) is 7.63. The first-order valence-corrected chi connectivity index (χ1v) is 9.58. The molecule has 3 unspecified atom stereocenters. The maximum absolute atomic E-state index is 11.6. The van der Waals surface area contributed by atoms with Crippen molar-refractivity contribution in [2.24, 2.45) is 5.92 Å². The molecule has 10 heteroatoms. The Balaban J connectivity index is 4.58. The quantitative estimate of drug-likeness (QED) is 0.296. The predicted molar refractivity (Wildman–Crippen MR) is 75.4 cm³/mol. The van der Waals surface area contributed by atoms with Gasteiger partial charge in [0.05, 0.1) is 0 Å². The van der Waals surface area contributed by atoms with Crippen molar-refractivity contribution >= 4 is 15.2 Å². The number of aliphatic hydroxyl groups is 1. The minimum atomic E-state index is -5.22. The molecule has 0 radical (unpaired) electrons. The van der Waals surface area contributed by atoms with Crippen LogP contribution < -0.4 is 5.32 Å². The predicted octanol–water partition coefficient (Wildman–Crippen LogP) is 1.06. The molecule has 0 rings (SSSR count). The summed E-state index contributed by atoms with van der Waals surface area (Å²) in [6.07, 6.45) is 1.30. The summed E-state index contributed by atoms with van der Waals surface area (Å²) in [5.74, 6) is 0.506. The van der Waals surface area contributed by atoms with Gasteiger partial charge < -0.3 is 29.6 Å². The van der Waals surface area contributed by atoms with Gasteiger partial charge in [-0.3, -0.25) is 9.13 Å². The Kier molecular flexibility index (Phi) is 8.10. The zero-order valence-corrected chi connectivity index (χ0v) is 13.8. The summed E-state index contributed by atoms with van der Waals surface area (Å²) in [5, 5.41) is 9.69. The van der Waals surface area contributed by atoms with Gasteiger partial charge >= 0.3 is 15.2 Å². The molecular formula is C10H25NO7P2. The van der Waals surface area contributed by atoms with E-state index >= 15 is 0 Å². The Bertz CT molecular complexity index is 386. The lowest BCUT2D eigenvalue weighted by Crippen LogP contribution is -2.34. The van der Waals surface area contributed by atoms with E-state index in [-0.39, 0.29) is 6.54 Å². The van der Waals surface area contributed by atoms with Crippen LogP contribution in [0, 0.1) is 5.92 Å². The second kappa shape index (κ2) is 8.01. The molecule has 0 amide bonds. The van der Waals surface area contributed by atoms with Crippen molar-refractivity contribution in [2.75, 3.05) is 20.2 Å². The summed E-state index contributed by atoms with van der Waals surface area (Å²) < 4.78 is 27.1. The molecule has 0 spiro atoms. The highest BCUT2D eigenvalue weighted by Crippen LogP contribution is 2.70. The molecule has 0 aromatic rings. The largest absolute Gasteiger partial charge is 0.371 e. The standard InChI is InChI=1S/C10H25NO7P2/c1-4-9(2)5-7-11-8-6-10(12,19(13,14)15)20(16,17)18-3/h9,11-12H,4-8H2,1-3H3,(H,16,17)(H2,13,14,15). The van der Waals surface area contributed by atoms with E-state index in [1.807, 2.05) is 0 Å². The normalized spacial score (nSPS) is 20.1. The van der Waals surface area contributed by atoms with Gasteiger partial charge in [-0.05, 0) is 25.4 Å². The molecule has 0 heterocycles. The van der Waals surface area contributed by atoms with Gasteiger partial charge in [0.15, 0.2) is 0 Å². The minimum absolute atomic E-state index is 0.00798. The van der Waals surface area contributed by atoms with Crippen molar-refractivity contribution in [2.45, 2.75) is 38.2 Å². The van der Waals surface area contributed by atoms with Crippen LogP contribution in [-0.4, -0.2) is 45.1 Å². The summed E-state index contributed by atoms with van der Waals surface area (Å²) >= 11 is 0. The Morgan fingerprint density at radius 1 is 1.25 bits per heavy atom. The van der Waals surface area contributed by atoms with E-state index in [1.165, 1.54) is 0 Å². The fourth-order valence-electron chi connectivity index (χ4n) is 1.53. The lowest BCUT2D eigenvalue weighted by molar-refractivity contribution is 0.116. The van der Waals surface area contributed by atoms with E-state index in [1.54, 1.807) is 0 Å². The number of hydrogen-bond acceptors (Lipinski definition) is 5. The fraction of sp³-hybridized carbons (Fsp3) is 1.00. The smallest absolute Gasteiger partial charge is 0.367 e. The van der Waals surface area contributed by atoms with Gasteiger partial charge in [-0.2, -0.15) is 0 Å². The number of hydrogen-bond donors (Lipinski definition) is 5. The molecule has 0 aromatic heterocycles. The summed E-state index contributed by atoms with van der Waals surface area (Å²) in [7, 11) is -9.24. The van der Waals surface area contributed by atoms with Crippen molar-refractivity contribution in [1.29, 1.82) is 0 Å². The Labute approximate surface area is 119 Å². The van der Waals surface area contributed by atoms with Gasteiger partial charge in [0.25, 0.3) is 5.08 Å². The summed E-state index contributed by atoms with van der Waals surface area (Å²) in [4.78, 5) is 27.6. The molecule has 122 valence electrons. The molecule has 0 aliphatic rings. The van der Waals surface area contributed by atoms with Gasteiger partial charge in [0.1, 0.15) is 0 Å². The third-order valence-electron chi connectivity index (χ3n) is 3.31. The van der Waals surface area contributed by atoms with Gasteiger partial charge in [0.2, 0.25) is 0 Å². The second-order valence-corrected chi connectivity index (χ2v) is 9.15. The van der Waals surface area contributed by atoms with Gasteiger partial charge in [-0.25, -0.2) is 0 Å². The summed E-state index contributed by atoms with van der Waals surface area (Å²) in [5.41, 5.74) is 0. The topological polar surface area (TPSA) is 136 Å². The molecule has 0 fully saturated rings. The van der Waals surface area contributed by atoms with Crippen LogP contribution in [0.5, 0.6) is 0 Å². The third kappa shape index (κ3) is 5.20. The summed E-state index contributed by atoms with van der Waals surface area (Å²) in [6, 6.07) is 0. The van der Waals surface area contributed by atoms with Crippen molar-refractivity contribution in [3.05, 3.63) is 0 Å². The van der Waals surface area contributed by atoms with E-state index in [9.17, 15) is 19.1 Å². The van der Waals surface area contributed by atoms with E-state index in [0.717, 1.165) is 20.0 Å². The first kappa shape index (κ1) is 20.2. The van der Waals surface area contributed by atoms with Crippen molar-refractivity contribution in [3.63, 3.8) is 0 Å². The lowest BCUT2D eigenvalue weighted by atomic mass is 10.1. The highest BCUT2D eigenvalue weighted by Gasteiger charge is 2.59. The summed E-state index contributed by atoms with van der Waals surface area (Å²) in [6.45, 7) is 4.71. The van der Waals surface area contributed by atoms with E-state index in [2.05, 4.69) is 23.7 Å². The number of nitrogens with one attached hydrogen (secondary N) is 1. The van der Waals surface area contributed by atoms with Crippen LogP contribution in [0.1, 0.15) is 33.1 Å². The van der Waals surface area contributed by atoms with Gasteiger partial charge in [0, 0.05) is 13.5 Å². The molecule has 0 aliphatic carbocycles. The average Bonchev–Trinajstić information content (AvgIpc) is 2.36. The van der Waals surface area contributed by atoms with Crippen LogP contribution in [0.3, 0.4) is 0 Å². The van der Waals surface area contributed by atoms with Crippen LogP contribution >= 0.6 is 15.2 Å². The Morgan fingerprint density at radius 3 is 2.20 bits per heavy atom. The van der Waals surface area contributed by atoms with E-state index in [0.29, 0.717) is 12.5 Å². The maximum atomic E-state index is 11.6. The van der Waals surface area contributed by atoms with E-state index in [4.69, 9.17) is 9.79 Å². The first-order valence-electron chi connectivity index (χ1n) is 6.39. The zero-order valence-electron chi connectivity index (χ0n) is 12.0. The highest BCUT2D eigenvalue weighted by molar-refractivity contribution is 7.72. The minimum Gasteiger partial charge on any atom is -0.367 e. The molecule has 3 atom stereocenters. The fourth-order valence-corrected chi connectivity index (χ4v) is 4.18. The molecular weight excluding hydrogens is 308 g/mol. The SMILES string of the molecule is CCC(C)CCNCCC(O)(P(=O)(O)O)P(=O)(O)OC. The Morgan fingerprint density at radius 2 is 1.80 bits per heavy atom. The Hall–Kier alpha value is 0.220. The molecule has 0 saturated heterocycles. The van der Waals surface area contributed by atoms with Crippen LogP contribution in [0.2, 0.25) is 0 Å². The van der Waals surface area contributed by atoms with E-state index < -0.39 is 26.7 Å². The zero-order chi connectivity index (χ0) is 16.0. The van der Waals surface area contributed by atoms with Crippen LogP contribution in [0.25, 0.3) is 0 Å². The average molecular weight is 333 g/mol. The monoisotopic (exact) mass is 333 g/mol. The van der Waals surface area contributed by atoms with Crippen molar-refractivity contribution in [1.82, 2.24) is 5.32 Å². The van der Waals surface area contributed by atoms with Crippen LogP contribution in [-0.2, 0) is 13.7 Å². The van der Waals surface area contributed by atoms with Gasteiger partial charge in [-0.15, -0.1) is 0 Å². The van der Waals surface area contributed by atoms with Crippen molar-refractivity contribution < 1.29 is 33.4 Å². The second-order valence-electron chi connectivity index (χ2n) is 4.82. The molecule has 8 nitrogen and oxygen atoms in total. The molecule has 0 bridgehead atoms. The van der Waals surface area contributed by atoms with Crippen LogP contribution in [0.15, 0.2) is 0 Å². The highest BCUT2D eigenvalue weighted by atomic mass is 31.2. The maximum Gasteiger partial charge on any atom is 0.371 e. The van der Waals surface area contributed by atoms with Crippen LogP contribution in [0.4, 0.5) is 0 Å². The molecule has 0 saturated carbocycles. The molecule has 0 aliphatic heterocycles.